The van der Waals surface area contributed by atoms with Crippen molar-refractivity contribution in [3.63, 3.8) is 0 Å². The average molecular weight is 231 g/mol. The number of anilines is 2. The molecular weight excluding hydrogens is 214 g/mol. The van der Waals surface area contributed by atoms with Crippen LogP contribution >= 0.6 is 0 Å². The summed E-state index contributed by atoms with van der Waals surface area (Å²) in [6, 6.07) is 3.82. The van der Waals surface area contributed by atoms with Crippen LogP contribution in [0.1, 0.15) is 13.3 Å². The Morgan fingerprint density at radius 2 is 2.41 bits per heavy atom. The number of hydrogen-bond acceptors (Lipinski definition) is 3. The van der Waals surface area contributed by atoms with Crippen LogP contribution in [-0.2, 0) is 4.79 Å². The van der Waals surface area contributed by atoms with Gasteiger partial charge in [-0.2, -0.15) is 0 Å². The maximum atomic E-state index is 11.9. The molecule has 0 atom stereocenters. The van der Waals surface area contributed by atoms with Crippen LogP contribution in [0.2, 0.25) is 0 Å². The fourth-order valence-corrected chi connectivity index (χ4v) is 2.07. The summed E-state index contributed by atoms with van der Waals surface area (Å²) in [4.78, 5) is 20.2. The second kappa shape index (κ2) is 4.99. The first-order chi connectivity index (χ1) is 8.27. The van der Waals surface area contributed by atoms with Crippen LogP contribution in [0.15, 0.2) is 31.0 Å². The minimum absolute atomic E-state index is 0.150. The van der Waals surface area contributed by atoms with E-state index in [2.05, 4.69) is 16.5 Å². The lowest BCUT2D eigenvalue weighted by atomic mass is 10.2. The Hall–Kier alpha value is -1.84. The summed E-state index contributed by atoms with van der Waals surface area (Å²) in [7, 11) is 0. The van der Waals surface area contributed by atoms with Crippen LogP contribution in [-0.4, -0.2) is 30.5 Å². The topological polar surface area (TPSA) is 36.4 Å². The maximum absolute atomic E-state index is 11.9. The molecule has 1 aromatic rings. The Labute approximate surface area is 102 Å². The fraction of sp³-hybridized carbons (Fsp3) is 0.385. The summed E-state index contributed by atoms with van der Waals surface area (Å²) in [6.07, 6.45) is 4.14. The molecule has 4 heteroatoms. The third-order valence-electron chi connectivity index (χ3n) is 2.90. The Morgan fingerprint density at radius 3 is 3.12 bits per heavy atom. The Morgan fingerprint density at radius 1 is 1.59 bits per heavy atom. The van der Waals surface area contributed by atoms with Crippen molar-refractivity contribution in [3.8, 4) is 0 Å². The Balaban J connectivity index is 2.36. The minimum Gasteiger partial charge on any atom is -0.349 e. The zero-order valence-corrected chi connectivity index (χ0v) is 10.1. The number of carbonyl (C=O) groups is 1. The molecule has 0 saturated heterocycles. The smallest absolute Gasteiger partial charge is 0.226 e. The zero-order valence-electron chi connectivity index (χ0n) is 10.1. The van der Waals surface area contributed by atoms with Crippen molar-refractivity contribution in [2.75, 3.05) is 29.4 Å². The second-order valence-corrected chi connectivity index (χ2v) is 3.98. The number of carbonyl (C=O) groups excluding carboxylic acids is 1. The van der Waals surface area contributed by atoms with Gasteiger partial charge in [-0.05, 0) is 12.1 Å². The van der Waals surface area contributed by atoms with Crippen molar-refractivity contribution >= 4 is 17.4 Å². The van der Waals surface area contributed by atoms with E-state index < -0.39 is 0 Å². The molecule has 4 nitrogen and oxygen atoms in total. The maximum Gasteiger partial charge on any atom is 0.226 e. The summed E-state index contributed by atoms with van der Waals surface area (Å²) in [6.45, 7) is 7.92. The first-order valence-corrected chi connectivity index (χ1v) is 5.89. The number of amides is 1. The summed E-state index contributed by atoms with van der Waals surface area (Å²) in [5.74, 6) is 1.03. The number of rotatable bonds is 3. The van der Waals surface area contributed by atoms with E-state index in [1.54, 1.807) is 6.20 Å². The average Bonchev–Trinajstić information content (AvgIpc) is 2.38. The van der Waals surface area contributed by atoms with Gasteiger partial charge in [-0.25, -0.2) is 4.98 Å². The van der Waals surface area contributed by atoms with Crippen molar-refractivity contribution < 1.29 is 4.79 Å². The molecule has 2 rings (SSSR count). The first kappa shape index (κ1) is 11.6. The molecule has 1 aliphatic heterocycles. The van der Waals surface area contributed by atoms with Crippen molar-refractivity contribution in [2.45, 2.75) is 13.3 Å². The summed E-state index contributed by atoms with van der Waals surface area (Å²) in [5, 5.41) is 0. The van der Waals surface area contributed by atoms with Gasteiger partial charge >= 0.3 is 0 Å². The predicted octanol–water partition coefficient (Wildman–Crippen LogP) is 1.83. The largest absolute Gasteiger partial charge is 0.349 e. The van der Waals surface area contributed by atoms with E-state index in [0.717, 1.165) is 31.1 Å². The van der Waals surface area contributed by atoms with Gasteiger partial charge in [0.15, 0.2) is 5.82 Å². The Bertz CT molecular complexity index is 430. The van der Waals surface area contributed by atoms with Crippen LogP contribution in [0.4, 0.5) is 11.5 Å². The molecule has 0 N–H and O–H groups in total. The van der Waals surface area contributed by atoms with E-state index in [9.17, 15) is 4.79 Å². The van der Waals surface area contributed by atoms with Gasteiger partial charge in [0.25, 0.3) is 0 Å². The van der Waals surface area contributed by atoms with Gasteiger partial charge in [-0.15, -0.1) is 6.58 Å². The highest BCUT2D eigenvalue weighted by Crippen LogP contribution is 2.30. The normalized spacial score (nSPS) is 14.4. The Kier molecular flexibility index (Phi) is 3.42. The van der Waals surface area contributed by atoms with Crippen molar-refractivity contribution in [2.24, 2.45) is 0 Å². The van der Waals surface area contributed by atoms with Gasteiger partial charge in [0.05, 0.1) is 5.69 Å². The van der Waals surface area contributed by atoms with Crippen LogP contribution < -0.4 is 9.80 Å². The van der Waals surface area contributed by atoms with E-state index in [1.165, 1.54) is 0 Å². The fourth-order valence-electron chi connectivity index (χ4n) is 2.07. The van der Waals surface area contributed by atoms with Crippen LogP contribution in [0.5, 0.6) is 0 Å². The molecule has 0 bridgehead atoms. The summed E-state index contributed by atoms with van der Waals surface area (Å²) < 4.78 is 0. The third kappa shape index (κ3) is 2.16. The molecule has 1 aliphatic rings. The van der Waals surface area contributed by atoms with Gasteiger partial charge in [0, 0.05) is 32.3 Å². The minimum atomic E-state index is 0.150. The van der Waals surface area contributed by atoms with Gasteiger partial charge in [-0.1, -0.05) is 13.0 Å². The lowest BCUT2D eigenvalue weighted by molar-refractivity contribution is -0.118. The SMILES string of the molecule is C=CCN1CCN(C(=O)CC)c2cccnc21. The number of aromatic nitrogens is 1. The van der Waals surface area contributed by atoms with Gasteiger partial charge in [-0.3, -0.25) is 4.79 Å². The second-order valence-electron chi connectivity index (χ2n) is 3.98. The lowest BCUT2D eigenvalue weighted by Gasteiger charge is -2.36. The molecule has 0 fully saturated rings. The predicted molar refractivity (Wildman–Crippen MR) is 69.3 cm³/mol. The molecular formula is C13H17N3O. The van der Waals surface area contributed by atoms with Crippen LogP contribution in [0, 0.1) is 0 Å². The quantitative estimate of drug-likeness (QED) is 0.745. The molecule has 0 saturated carbocycles. The van der Waals surface area contributed by atoms with Gasteiger partial charge < -0.3 is 9.80 Å². The van der Waals surface area contributed by atoms with E-state index in [4.69, 9.17) is 0 Å². The van der Waals surface area contributed by atoms with Crippen molar-refractivity contribution in [1.82, 2.24) is 4.98 Å². The first-order valence-electron chi connectivity index (χ1n) is 5.89. The molecule has 2 heterocycles. The molecule has 0 aromatic carbocycles. The number of fused-ring (bicyclic) bond motifs is 1. The van der Waals surface area contributed by atoms with E-state index in [1.807, 2.05) is 30.0 Å². The zero-order chi connectivity index (χ0) is 12.3. The van der Waals surface area contributed by atoms with Gasteiger partial charge in [0.1, 0.15) is 0 Å². The lowest BCUT2D eigenvalue weighted by Crippen LogP contribution is -2.44. The summed E-state index contributed by atoms with van der Waals surface area (Å²) >= 11 is 0. The van der Waals surface area contributed by atoms with Crippen molar-refractivity contribution in [3.05, 3.63) is 31.0 Å². The van der Waals surface area contributed by atoms with Crippen LogP contribution in [0.25, 0.3) is 0 Å². The number of nitrogens with zero attached hydrogens (tertiary/aromatic N) is 3. The van der Waals surface area contributed by atoms with E-state index >= 15 is 0 Å². The highest BCUT2D eigenvalue weighted by Gasteiger charge is 2.25. The molecule has 0 aliphatic carbocycles. The molecule has 17 heavy (non-hydrogen) atoms. The van der Waals surface area contributed by atoms with E-state index in [-0.39, 0.29) is 5.91 Å². The molecule has 0 spiro atoms. The molecule has 90 valence electrons. The molecule has 0 unspecified atom stereocenters. The highest BCUT2D eigenvalue weighted by atomic mass is 16.2. The van der Waals surface area contributed by atoms with Gasteiger partial charge in [0.2, 0.25) is 5.91 Å². The molecule has 0 radical (unpaired) electrons. The molecule has 1 aromatic heterocycles. The third-order valence-corrected chi connectivity index (χ3v) is 2.90. The molecule has 1 amide bonds. The monoisotopic (exact) mass is 231 g/mol. The van der Waals surface area contributed by atoms with Crippen LogP contribution in [0.3, 0.4) is 0 Å². The number of hydrogen-bond donors (Lipinski definition) is 0. The standard InChI is InChI=1S/C13H17N3O/c1-3-8-15-9-10-16(12(17)4-2)11-6-5-7-14-13(11)15/h3,5-7H,1,4,8-10H2,2H3. The number of pyridine rings is 1. The summed E-state index contributed by atoms with van der Waals surface area (Å²) in [5.41, 5.74) is 0.910. The van der Waals surface area contributed by atoms with E-state index in [0.29, 0.717) is 6.42 Å². The van der Waals surface area contributed by atoms with Crippen molar-refractivity contribution in [1.29, 1.82) is 0 Å². The highest BCUT2D eigenvalue weighted by molar-refractivity contribution is 5.96.